The molecule has 0 bridgehead atoms. The third-order valence-corrected chi connectivity index (χ3v) is 7.81. The summed E-state index contributed by atoms with van der Waals surface area (Å²) in [6.07, 6.45) is 3.65. The second-order valence-electron chi connectivity index (χ2n) is 6.78. The average molecular weight is 377 g/mol. The average Bonchev–Trinajstić information content (AvgIpc) is 3.13. The molecule has 8 nitrogen and oxygen atoms in total. The van der Waals surface area contributed by atoms with Gasteiger partial charge in [-0.25, -0.2) is 18.4 Å². The van der Waals surface area contributed by atoms with E-state index in [2.05, 4.69) is 9.97 Å². The molecule has 0 unspecified atom stereocenters. The highest BCUT2D eigenvalue weighted by atomic mass is 32.2. The quantitative estimate of drug-likeness (QED) is 0.786. The van der Waals surface area contributed by atoms with Gasteiger partial charge in [-0.1, -0.05) is 0 Å². The van der Waals surface area contributed by atoms with Gasteiger partial charge in [0.25, 0.3) is 5.91 Å². The maximum absolute atomic E-state index is 12.6. The molecule has 1 spiro atoms. The van der Waals surface area contributed by atoms with Gasteiger partial charge >= 0.3 is 6.01 Å². The Bertz CT molecular complexity index is 919. The van der Waals surface area contributed by atoms with Crippen LogP contribution in [0.15, 0.2) is 35.0 Å². The lowest BCUT2D eigenvalue weighted by molar-refractivity contribution is 0.0374. The van der Waals surface area contributed by atoms with Crippen LogP contribution in [0.1, 0.15) is 22.7 Å². The van der Waals surface area contributed by atoms with Crippen molar-refractivity contribution < 1.29 is 22.4 Å². The molecule has 0 aromatic carbocycles. The Kier molecular flexibility index (Phi) is 3.98. The van der Waals surface area contributed by atoms with Gasteiger partial charge in [0.15, 0.2) is 15.6 Å². The summed E-state index contributed by atoms with van der Waals surface area (Å²) in [7, 11) is -3.29. The lowest BCUT2D eigenvalue weighted by Crippen LogP contribution is -2.68. The fourth-order valence-corrected chi connectivity index (χ4v) is 6.09. The van der Waals surface area contributed by atoms with Gasteiger partial charge in [0.2, 0.25) is 0 Å². The number of aromatic nitrogens is 2. The van der Waals surface area contributed by atoms with E-state index in [9.17, 15) is 13.2 Å². The minimum absolute atomic E-state index is 0.110. The van der Waals surface area contributed by atoms with Crippen LogP contribution in [-0.4, -0.2) is 59.4 Å². The molecule has 9 heteroatoms. The molecule has 138 valence electrons. The van der Waals surface area contributed by atoms with Gasteiger partial charge < -0.3 is 14.1 Å². The number of amides is 1. The highest BCUT2D eigenvalue weighted by Crippen LogP contribution is 2.45. The molecule has 2 saturated heterocycles. The van der Waals surface area contributed by atoms with Crippen LogP contribution in [0.4, 0.5) is 0 Å². The van der Waals surface area contributed by atoms with Crippen molar-refractivity contribution in [3.05, 3.63) is 42.1 Å². The molecule has 0 saturated carbocycles. The first-order chi connectivity index (χ1) is 12.4. The van der Waals surface area contributed by atoms with Gasteiger partial charge in [-0.05, 0) is 31.5 Å². The Morgan fingerprint density at radius 3 is 2.73 bits per heavy atom. The predicted octanol–water partition coefficient (Wildman–Crippen LogP) is 1.09. The van der Waals surface area contributed by atoms with E-state index in [1.54, 1.807) is 37.5 Å². The number of carbonyl (C=O) groups excluding carboxylic acids is 1. The lowest BCUT2D eigenvalue weighted by Gasteiger charge is -2.49. The maximum Gasteiger partial charge on any atom is 0.316 e. The number of likely N-dealkylation sites (tertiary alicyclic amines) is 1. The van der Waals surface area contributed by atoms with Crippen LogP contribution in [0, 0.1) is 12.8 Å². The van der Waals surface area contributed by atoms with Crippen LogP contribution in [0.5, 0.6) is 6.01 Å². The molecule has 0 aliphatic carbocycles. The fraction of sp³-hybridized carbons (Fsp3) is 0.471. The number of ether oxygens (including phenoxy) is 1. The molecule has 2 aromatic heterocycles. The van der Waals surface area contributed by atoms with Gasteiger partial charge in [-0.15, -0.1) is 0 Å². The second kappa shape index (κ2) is 6.08. The van der Waals surface area contributed by atoms with Crippen molar-refractivity contribution in [2.45, 2.75) is 18.1 Å². The molecule has 2 aromatic rings. The highest BCUT2D eigenvalue weighted by Gasteiger charge is 2.63. The van der Waals surface area contributed by atoms with Crippen LogP contribution in [0.25, 0.3) is 0 Å². The first-order valence-corrected chi connectivity index (χ1v) is 10.0. The summed E-state index contributed by atoms with van der Waals surface area (Å²) >= 11 is 0. The van der Waals surface area contributed by atoms with Gasteiger partial charge in [0.1, 0.15) is 10.5 Å². The Balaban J connectivity index is 1.47. The molecule has 2 fully saturated rings. The van der Waals surface area contributed by atoms with Crippen molar-refractivity contribution in [2.75, 3.05) is 25.4 Å². The largest absolute Gasteiger partial charge is 0.463 e. The van der Waals surface area contributed by atoms with E-state index in [-0.39, 0.29) is 49.0 Å². The van der Waals surface area contributed by atoms with E-state index in [1.807, 2.05) is 0 Å². The molecule has 0 radical (unpaired) electrons. The number of hydrogen-bond acceptors (Lipinski definition) is 7. The Labute approximate surface area is 151 Å². The third kappa shape index (κ3) is 2.66. The zero-order valence-electron chi connectivity index (χ0n) is 14.3. The molecule has 4 rings (SSSR count). The molecular weight excluding hydrogens is 358 g/mol. The van der Waals surface area contributed by atoms with Crippen molar-refractivity contribution in [3.8, 4) is 6.01 Å². The summed E-state index contributed by atoms with van der Waals surface area (Å²) in [5, 5.41) is 0. The first kappa shape index (κ1) is 17.0. The fourth-order valence-electron chi connectivity index (χ4n) is 3.69. The summed E-state index contributed by atoms with van der Waals surface area (Å²) in [4.78, 5) is 22.0. The lowest BCUT2D eigenvalue weighted by atomic mass is 9.83. The normalized spacial score (nSPS) is 23.0. The van der Waals surface area contributed by atoms with Crippen LogP contribution in [-0.2, 0) is 9.84 Å². The molecular formula is C17H19N3O5S. The monoisotopic (exact) mass is 377 g/mol. The molecule has 0 N–H and O–H groups in total. The Hall–Kier alpha value is -2.42. The number of nitrogens with zero attached hydrogens (tertiary/aromatic N) is 3. The summed E-state index contributed by atoms with van der Waals surface area (Å²) < 4.78 is 35.3. The number of aryl methyl sites for hydroxylation is 1. The summed E-state index contributed by atoms with van der Waals surface area (Å²) in [5.74, 6) is 0.512. The van der Waals surface area contributed by atoms with E-state index in [1.165, 1.54) is 4.90 Å². The van der Waals surface area contributed by atoms with Gasteiger partial charge in [-0.3, -0.25) is 4.79 Å². The number of carbonyl (C=O) groups is 1. The van der Waals surface area contributed by atoms with Gasteiger partial charge in [-0.2, -0.15) is 0 Å². The van der Waals surface area contributed by atoms with Crippen molar-refractivity contribution in [1.82, 2.24) is 14.9 Å². The van der Waals surface area contributed by atoms with Crippen LogP contribution >= 0.6 is 0 Å². The standard InChI is InChI=1S/C17H19N3O5S/c1-12-3-4-14(25-12)15(21)20-10-17(11-20)13(5-8-26(17,22)23)9-24-16-18-6-2-7-19-16/h2-4,6-7,13H,5,8-11H2,1H3/t13-/m0/s1. The molecule has 2 aliphatic rings. The Morgan fingerprint density at radius 2 is 2.08 bits per heavy atom. The van der Waals surface area contributed by atoms with E-state index in [4.69, 9.17) is 9.15 Å². The topological polar surface area (TPSA) is 103 Å². The highest BCUT2D eigenvalue weighted by molar-refractivity contribution is 7.93. The van der Waals surface area contributed by atoms with Crippen molar-refractivity contribution in [1.29, 1.82) is 0 Å². The molecule has 1 atom stereocenters. The first-order valence-electron chi connectivity index (χ1n) is 8.39. The second-order valence-corrected chi connectivity index (χ2v) is 9.23. The molecule has 1 amide bonds. The Morgan fingerprint density at radius 1 is 1.35 bits per heavy atom. The van der Waals surface area contributed by atoms with Crippen LogP contribution < -0.4 is 4.74 Å². The van der Waals surface area contributed by atoms with Crippen molar-refractivity contribution in [2.24, 2.45) is 5.92 Å². The van der Waals surface area contributed by atoms with Gasteiger partial charge in [0.05, 0.1) is 12.4 Å². The summed E-state index contributed by atoms with van der Waals surface area (Å²) in [6.45, 7) is 2.30. The third-order valence-electron chi connectivity index (χ3n) is 5.21. The van der Waals surface area contributed by atoms with Crippen molar-refractivity contribution in [3.63, 3.8) is 0 Å². The van der Waals surface area contributed by atoms with E-state index < -0.39 is 14.6 Å². The molecule has 26 heavy (non-hydrogen) atoms. The minimum atomic E-state index is -3.29. The smallest absolute Gasteiger partial charge is 0.316 e. The minimum Gasteiger partial charge on any atom is -0.463 e. The zero-order valence-corrected chi connectivity index (χ0v) is 15.1. The number of furan rings is 1. The number of hydrogen-bond donors (Lipinski definition) is 0. The van der Waals surface area contributed by atoms with E-state index >= 15 is 0 Å². The SMILES string of the molecule is Cc1ccc(C(=O)N2CC3(C2)[C@H](COc2ncccn2)CCS3(=O)=O)o1. The maximum atomic E-state index is 12.6. The molecule has 4 heterocycles. The summed E-state index contributed by atoms with van der Waals surface area (Å²) in [6, 6.07) is 5.23. The predicted molar refractivity (Wildman–Crippen MR) is 91.5 cm³/mol. The molecule has 2 aliphatic heterocycles. The number of rotatable bonds is 4. The van der Waals surface area contributed by atoms with E-state index in [0.29, 0.717) is 12.2 Å². The van der Waals surface area contributed by atoms with Crippen LogP contribution in [0.3, 0.4) is 0 Å². The summed E-state index contributed by atoms with van der Waals surface area (Å²) in [5.41, 5.74) is 0. The van der Waals surface area contributed by atoms with Crippen LogP contribution in [0.2, 0.25) is 0 Å². The van der Waals surface area contributed by atoms with Gasteiger partial charge in [0, 0.05) is 31.4 Å². The van der Waals surface area contributed by atoms with Crippen molar-refractivity contribution >= 4 is 15.7 Å². The van der Waals surface area contributed by atoms with E-state index in [0.717, 1.165) is 0 Å². The number of sulfone groups is 1. The zero-order chi connectivity index (χ0) is 18.4.